The number of hydrogen-bond donors (Lipinski definition) is 2. The number of carboxylic acid groups (broad SMARTS) is 1. The Balaban J connectivity index is 2.08. The van der Waals surface area contributed by atoms with Crippen LogP contribution in [-0.4, -0.2) is 21.0 Å². The summed E-state index contributed by atoms with van der Waals surface area (Å²) >= 11 is 0. The monoisotopic (exact) mass is 328 g/mol. The maximum Gasteiger partial charge on any atom is 0.416 e. The highest BCUT2D eigenvalue weighted by molar-refractivity contribution is 5.69. The van der Waals surface area contributed by atoms with E-state index >= 15 is 0 Å². The normalized spacial score (nSPS) is 11.3. The Morgan fingerprint density at radius 3 is 2.70 bits per heavy atom. The highest BCUT2D eigenvalue weighted by atomic mass is 19.4. The molecule has 6 nitrogen and oxygen atoms in total. The van der Waals surface area contributed by atoms with Crippen molar-refractivity contribution in [1.29, 1.82) is 0 Å². The minimum Gasteiger partial charge on any atom is -0.486 e. The first-order valence-electron chi connectivity index (χ1n) is 6.34. The molecule has 1 aromatic carbocycles. The molecule has 2 aromatic rings. The fraction of sp³-hybridized carbons (Fsp3) is 0.214. The first-order valence-corrected chi connectivity index (χ1v) is 6.34. The molecule has 0 spiro atoms. The van der Waals surface area contributed by atoms with Crippen molar-refractivity contribution < 1.29 is 27.8 Å². The van der Waals surface area contributed by atoms with Crippen LogP contribution in [0.4, 0.5) is 13.2 Å². The van der Waals surface area contributed by atoms with Crippen LogP contribution in [0.25, 0.3) is 0 Å². The lowest BCUT2D eigenvalue weighted by Crippen LogP contribution is -2.19. The van der Waals surface area contributed by atoms with Gasteiger partial charge in [0.25, 0.3) is 5.56 Å². The SMILES string of the molecule is O=C(O)Cc1cnc(COc2cccc(C(F)(F)F)c2)[nH]c1=O. The number of nitrogens with one attached hydrogen (secondary N) is 1. The molecule has 1 heterocycles. The number of ether oxygens (including phenoxy) is 1. The van der Waals surface area contributed by atoms with E-state index in [0.29, 0.717) is 0 Å². The largest absolute Gasteiger partial charge is 0.486 e. The molecule has 122 valence electrons. The zero-order valence-electron chi connectivity index (χ0n) is 11.6. The predicted octanol–water partition coefficient (Wildman–Crippen LogP) is 1.99. The second kappa shape index (κ2) is 6.51. The number of alkyl halides is 3. The van der Waals surface area contributed by atoms with Gasteiger partial charge < -0.3 is 14.8 Å². The number of H-pyrrole nitrogens is 1. The number of carbonyl (C=O) groups is 1. The summed E-state index contributed by atoms with van der Waals surface area (Å²) < 4.78 is 42.9. The molecule has 9 heteroatoms. The number of rotatable bonds is 5. The van der Waals surface area contributed by atoms with E-state index in [4.69, 9.17) is 9.84 Å². The number of aromatic nitrogens is 2. The Bertz CT molecular complexity index is 771. The standard InChI is InChI=1S/C14H11F3N2O4/c15-14(16,17)9-2-1-3-10(5-9)23-7-11-18-6-8(4-12(20)21)13(22)19-11/h1-3,5-6H,4,7H2,(H,20,21)(H,18,19,22). The van der Waals surface area contributed by atoms with E-state index in [-0.39, 0.29) is 23.7 Å². The summed E-state index contributed by atoms with van der Waals surface area (Å²) in [6, 6.07) is 4.28. The molecule has 0 fully saturated rings. The van der Waals surface area contributed by atoms with Gasteiger partial charge in [-0.1, -0.05) is 6.07 Å². The lowest BCUT2D eigenvalue weighted by molar-refractivity contribution is -0.138. The molecule has 0 saturated heterocycles. The molecular weight excluding hydrogens is 317 g/mol. The fourth-order valence-electron chi connectivity index (χ4n) is 1.73. The van der Waals surface area contributed by atoms with Gasteiger partial charge in [-0.3, -0.25) is 9.59 Å². The molecule has 0 aliphatic carbocycles. The Morgan fingerprint density at radius 2 is 2.09 bits per heavy atom. The summed E-state index contributed by atoms with van der Waals surface area (Å²) in [4.78, 5) is 28.3. The summed E-state index contributed by atoms with van der Waals surface area (Å²) in [7, 11) is 0. The summed E-state index contributed by atoms with van der Waals surface area (Å²) in [6.45, 7) is -0.260. The maximum atomic E-state index is 12.6. The number of aliphatic carboxylic acids is 1. The first kappa shape index (κ1) is 16.5. The van der Waals surface area contributed by atoms with Crippen LogP contribution in [0.2, 0.25) is 0 Å². The van der Waals surface area contributed by atoms with Gasteiger partial charge >= 0.3 is 12.1 Å². The summed E-state index contributed by atoms with van der Waals surface area (Å²) in [5.74, 6) is -1.14. The van der Waals surface area contributed by atoms with Gasteiger partial charge in [-0.05, 0) is 18.2 Å². The van der Waals surface area contributed by atoms with E-state index < -0.39 is 29.7 Å². The van der Waals surface area contributed by atoms with Gasteiger partial charge in [0, 0.05) is 11.8 Å². The van der Waals surface area contributed by atoms with Crippen LogP contribution in [-0.2, 0) is 24.0 Å². The van der Waals surface area contributed by atoms with Gasteiger partial charge in [0.05, 0.1) is 12.0 Å². The van der Waals surface area contributed by atoms with Crippen molar-refractivity contribution in [3.8, 4) is 5.75 Å². The molecule has 0 amide bonds. The molecule has 0 aliphatic heterocycles. The molecule has 1 aromatic heterocycles. The zero-order valence-corrected chi connectivity index (χ0v) is 11.6. The Kier molecular flexibility index (Phi) is 4.68. The van der Waals surface area contributed by atoms with Crippen molar-refractivity contribution in [2.75, 3.05) is 0 Å². The molecule has 23 heavy (non-hydrogen) atoms. The average Bonchev–Trinajstić information content (AvgIpc) is 2.47. The maximum absolute atomic E-state index is 12.6. The lowest BCUT2D eigenvalue weighted by Gasteiger charge is -2.10. The first-order chi connectivity index (χ1) is 10.8. The van der Waals surface area contributed by atoms with E-state index in [9.17, 15) is 22.8 Å². The van der Waals surface area contributed by atoms with Crippen LogP contribution in [0, 0.1) is 0 Å². The third kappa shape index (κ3) is 4.56. The van der Waals surface area contributed by atoms with Gasteiger partial charge in [-0.15, -0.1) is 0 Å². The van der Waals surface area contributed by atoms with Crippen molar-refractivity contribution in [3.05, 3.63) is 57.8 Å². The number of carboxylic acids is 1. The molecule has 2 N–H and O–H groups in total. The van der Waals surface area contributed by atoms with E-state index in [1.807, 2.05) is 0 Å². The van der Waals surface area contributed by atoms with Gasteiger partial charge in [0.2, 0.25) is 0 Å². The van der Waals surface area contributed by atoms with E-state index in [1.54, 1.807) is 0 Å². The summed E-state index contributed by atoms with van der Waals surface area (Å²) in [5.41, 5.74) is -1.52. The smallest absolute Gasteiger partial charge is 0.416 e. The molecule has 2 rings (SSSR count). The molecule has 0 bridgehead atoms. The van der Waals surface area contributed by atoms with Crippen LogP contribution >= 0.6 is 0 Å². The number of nitrogens with zero attached hydrogens (tertiary/aromatic N) is 1. The third-order valence-corrected chi connectivity index (χ3v) is 2.80. The Hall–Kier alpha value is -2.84. The van der Waals surface area contributed by atoms with Crippen molar-refractivity contribution in [3.63, 3.8) is 0 Å². The van der Waals surface area contributed by atoms with E-state index in [2.05, 4.69) is 9.97 Å². The number of halogens is 3. The number of hydrogen-bond acceptors (Lipinski definition) is 4. The van der Waals surface area contributed by atoms with Crippen LogP contribution in [0.3, 0.4) is 0 Å². The van der Waals surface area contributed by atoms with Crippen LogP contribution in [0.5, 0.6) is 5.75 Å². The van der Waals surface area contributed by atoms with Crippen LogP contribution < -0.4 is 10.3 Å². The third-order valence-electron chi connectivity index (χ3n) is 2.80. The van der Waals surface area contributed by atoms with Gasteiger partial charge in [-0.25, -0.2) is 4.98 Å². The van der Waals surface area contributed by atoms with Crippen molar-refractivity contribution >= 4 is 5.97 Å². The van der Waals surface area contributed by atoms with Crippen LogP contribution in [0.1, 0.15) is 17.0 Å². The van der Waals surface area contributed by atoms with Crippen molar-refractivity contribution in [1.82, 2.24) is 9.97 Å². The Labute approximate surface area is 127 Å². The second-order valence-corrected chi connectivity index (χ2v) is 4.57. The highest BCUT2D eigenvalue weighted by Gasteiger charge is 2.30. The van der Waals surface area contributed by atoms with Crippen LogP contribution in [0.15, 0.2) is 35.3 Å². The lowest BCUT2D eigenvalue weighted by atomic mass is 10.2. The zero-order chi connectivity index (χ0) is 17.0. The second-order valence-electron chi connectivity index (χ2n) is 4.57. The molecular formula is C14H11F3N2O4. The van der Waals surface area contributed by atoms with Gasteiger partial charge in [0.1, 0.15) is 18.2 Å². The summed E-state index contributed by atoms with van der Waals surface area (Å²) in [5, 5.41) is 8.61. The fourth-order valence-corrected chi connectivity index (χ4v) is 1.73. The van der Waals surface area contributed by atoms with E-state index in [0.717, 1.165) is 18.3 Å². The quantitative estimate of drug-likeness (QED) is 0.876. The predicted molar refractivity (Wildman–Crippen MR) is 72.0 cm³/mol. The van der Waals surface area contributed by atoms with Gasteiger partial charge in [-0.2, -0.15) is 13.2 Å². The highest BCUT2D eigenvalue weighted by Crippen LogP contribution is 2.31. The molecule has 0 aliphatic rings. The molecule has 0 atom stereocenters. The molecule has 0 radical (unpaired) electrons. The number of aromatic amines is 1. The molecule has 0 saturated carbocycles. The Morgan fingerprint density at radius 1 is 1.35 bits per heavy atom. The minimum atomic E-state index is -4.48. The van der Waals surface area contributed by atoms with Crippen molar-refractivity contribution in [2.45, 2.75) is 19.2 Å². The van der Waals surface area contributed by atoms with E-state index in [1.165, 1.54) is 12.1 Å². The number of benzene rings is 1. The topological polar surface area (TPSA) is 92.3 Å². The van der Waals surface area contributed by atoms with Crippen molar-refractivity contribution in [2.24, 2.45) is 0 Å². The average molecular weight is 328 g/mol. The molecule has 0 unspecified atom stereocenters. The van der Waals surface area contributed by atoms with Gasteiger partial charge in [0.15, 0.2) is 0 Å². The summed E-state index contributed by atoms with van der Waals surface area (Å²) in [6.07, 6.45) is -3.86. The minimum absolute atomic E-state index is 0.0275.